The molecule has 0 aliphatic rings. The average molecular weight is 281 g/mol. The first-order valence-electron chi connectivity index (χ1n) is 7.08. The Kier molecular flexibility index (Phi) is 5.33. The topological polar surface area (TPSA) is 12.0 Å². The quantitative estimate of drug-likeness (QED) is 0.776. The summed E-state index contributed by atoms with van der Waals surface area (Å²) in [6, 6.07) is 8.32. The number of rotatable bonds is 5. The third-order valence-electron chi connectivity index (χ3n) is 3.08. The minimum absolute atomic E-state index is 0.0681. The first-order chi connectivity index (χ1) is 8.58. The van der Waals surface area contributed by atoms with Crippen LogP contribution in [-0.4, -0.2) is 20.2 Å². The number of hydrogen-bond donors (Lipinski definition) is 1. The van der Waals surface area contributed by atoms with Crippen LogP contribution < -0.4 is 5.32 Å². The van der Waals surface area contributed by atoms with E-state index in [1.807, 2.05) is 12.1 Å². The van der Waals surface area contributed by atoms with Gasteiger partial charge in [-0.2, -0.15) is 0 Å². The maximum absolute atomic E-state index is 14.0. The van der Waals surface area contributed by atoms with Gasteiger partial charge in [0.1, 0.15) is 5.82 Å². The van der Waals surface area contributed by atoms with Gasteiger partial charge in [0.25, 0.3) is 0 Å². The van der Waals surface area contributed by atoms with Crippen LogP contribution in [0.5, 0.6) is 0 Å². The summed E-state index contributed by atoms with van der Waals surface area (Å²) in [5.41, 5.74) is 0.935. The van der Waals surface area contributed by atoms with Gasteiger partial charge in [0.2, 0.25) is 0 Å². The molecule has 0 fully saturated rings. The second kappa shape index (κ2) is 6.19. The average Bonchev–Trinajstić information content (AvgIpc) is 2.22. The van der Waals surface area contributed by atoms with Crippen molar-refractivity contribution in [3.8, 4) is 0 Å². The summed E-state index contributed by atoms with van der Waals surface area (Å²) in [4.78, 5) is 0. The summed E-state index contributed by atoms with van der Waals surface area (Å²) in [6.45, 7) is 14.3. The molecule has 0 amide bonds. The highest BCUT2D eigenvalue weighted by Crippen LogP contribution is 2.28. The molecule has 1 rings (SSSR count). The van der Waals surface area contributed by atoms with Crippen LogP contribution in [-0.2, 0) is 0 Å². The lowest BCUT2D eigenvalue weighted by Crippen LogP contribution is -2.40. The summed E-state index contributed by atoms with van der Waals surface area (Å²) in [6.07, 6.45) is 0. The van der Waals surface area contributed by atoms with Crippen molar-refractivity contribution in [2.75, 3.05) is 6.54 Å². The first kappa shape index (κ1) is 16.4. The number of hydrogen-bond acceptors (Lipinski definition) is 1. The van der Waals surface area contributed by atoms with Crippen molar-refractivity contribution >= 4 is 8.07 Å². The normalized spacial score (nSPS) is 14.5. The van der Waals surface area contributed by atoms with E-state index in [2.05, 4.69) is 45.7 Å². The molecule has 19 heavy (non-hydrogen) atoms. The van der Waals surface area contributed by atoms with Gasteiger partial charge in [-0.25, -0.2) is 4.39 Å². The Morgan fingerprint density at radius 2 is 1.74 bits per heavy atom. The molecule has 0 spiro atoms. The second-order valence-corrected chi connectivity index (χ2v) is 13.1. The lowest BCUT2D eigenvalue weighted by Gasteiger charge is -2.29. The SMILES string of the molecule is CC(C)(C)NCC(C[Si](C)(C)C)c1ccccc1F. The van der Waals surface area contributed by atoms with Gasteiger partial charge in [0.15, 0.2) is 0 Å². The Hall–Kier alpha value is -0.673. The molecule has 1 nitrogen and oxygen atoms in total. The lowest BCUT2D eigenvalue weighted by molar-refractivity contribution is 0.408. The van der Waals surface area contributed by atoms with Crippen LogP contribution >= 0.6 is 0 Å². The molecule has 0 radical (unpaired) electrons. The van der Waals surface area contributed by atoms with Crippen LogP contribution in [0.25, 0.3) is 0 Å². The van der Waals surface area contributed by atoms with Crippen molar-refractivity contribution in [2.24, 2.45) is 0 Å². The predicted octanol–water partition coefficient (Wildman–Crippen LogP) is 4.64. The Morgan fingerprint density at radius 1 is 1.16 bits per heavy atom. The van der Waals surface area contributed by atoms with E-state index in [-0.39, 0.29) is 17.3 Å². The van der Waals surface area contributed by atoms with Crippen LogP contribution in [0.15, 0.2) is 24.3 Å². The fourth-order valence-electron chi connectivity index (χ4n) is 2.27. The molecule has 0 saturated heterocycles. The molecule has 108 valence electrons. The van der Waals surface area contributed by atoms with Crippen LogP contribution in [0.3, 0.4) is 0 Å². The third-order valence-corrected chi connectivity index (χ3v) is 4.80. The van der Waals surface area contributed by atoms with Crippen molar-refractivity contribution in [3.63, 3.8) is 0 Å². The molecule has 0 saturated carbocycles. The zero-order valence-electron chi connectivity index (χ0n) is 13.2. The van der Waals surface area contributed by atoms with E-state index < -0.39 is 8.07 Å². The minimum atomic E-state index is -1.23. The molecule has 0 bridgehead atoms. The van der Waals surface area contributed by atoms with Crippen LogP contribution in [0.1, 0.15) is 32.3 Å². The van der Waals surface area contributed by atoms with Crippen molar-refractivity contribution in [1.82, 2.24) is 5.32 Å². The van der Waals surface area contributed by atoms with Crippen LogP contribution in [0.4, 0.5) is 4.39 Å². The van der Waals surface area contributed by atoms with Gasteiger partial charge in [-0.3, -0.25) is 0 Å². The molecule has 1 atom stereocenters. The summed E-state index contributed by atoms with van der Waals surface area (Å²) in [5.74, 6) is 0.202. The van der Waals surface area contributed by atoms with Crippen molar-refractivity contribution in [3.05, 3.63) is 35.6 Å². The Bertz CT molecular complexity index is 404. The van der Waals surface area contributed by atoms with Crippen LogP contribution in [0.2, 0.25) is 25.7 Å². The fourth-order valence-corrected chi connectivity index (χ4v) is 4.11. The zero-order chi connectivity index (χ0) is 14.7. The maximum atomic E-state index is 14.0. The molecule has 1 N–H and O–H groups in total. The molecule has 0 aromatic heterocycles. The molecule has 0 aliphatic heterocycles. The second-order valence-electron chi connectivity index (χ2n) is 7.61. The summed E-state index contributed by atoms with van der Waals surface area (Å²) >= 11 is 0. The molecule has 1 aromatic rings. The van der Waals surface area contributed by atoms with E-state index in [9.17, 15) is 4.39 Å². The van der Waals surface area contributed by atoms with E-state index in [1.165, 1.54) is 0 Å². The van der Waals surface area contributed by atoms with Crippen molar-refractivity contribution in [2.45, 2.75) is 57.9 Å². The molecule has 0 heterocycles. The zero-order valence-corrected chi connectivity index (χ0v) is 14.2. The van der Waals surface area contributed by atoms with E-state index >= 15 is 0 Å². The molecular formula is C16H28FNSi. The van der Waals surface area contributed by atoms with E-state index in [0.717, 1.165) is 18.2 Å². The summed E-state index contributed by atoms with van der Waals surface area (Å²) in [5, 5.41) is 3.53. The summed E-state index contributed by atoms with van der Waals surface area (Å²) < 4.78 is 14.0. The largest absolute Gasteiger partial charge is 0.311 e. The van der Waals surface area contributed by atoms with Crippen molar-refractivity contribution in [1.29, 1.82) is 0 Å². The van der Waals surface area contributed by atoms with E-state index in [1.54, 1.807) is 12.1 Å². The Balaban J connectivity index is 2.90. The molecule has 1 unspecified atom stereocenters. The number of nitrogens with one attached hydrogen (secondary N) is 1. The fraction of sp³-hybridized carbons (Fsp3) is 0.625. The molecule has 1 aromatic carbocycles. The van der Waals surface area contributed by atoms with Gasteiger partial charge in [0, 0.05) is 20.2 Å². The van der Waals surface area contributed by atoms with Crippen LogP contribution in [0, 0.1) is 5.82 Å². The van der Waals surface area contributed by atoms with Gasteiger partial charge in [0.05, 0.1) is 0 Å². The Labute approximate surface area is 118 Å². The Morgan fingerprint density at radius 3 is 2.21 bits per heavy atom. The molecule has 0 aliphatic carbocycles. The monoisotopic (exact) mass is 281 g/mol. The highest BCUT2D eigenvalue weighted by molar-refractivity contribution is 6.76. The van der Waals surface area contributed by atoms with E-state index in [4.69, 9.17) is 0 Å². The smallest absolute Gasteiger partial charge is 0.126 e. The van der Waals surface area contributed by atoms with Gasteiger partial charge < -0.3 is 5.32 Å². The number of halogens is 1. The van der Waals surface area contributed by atoms with Crippen molar-refractivity contribution < 1.29 is 4.39 Å². The van der Waals surface area contributed by atoms with Gasteiger partial charge in [-0.05, 0) is 44.4 Å². The lowest BCUT2D eigenvalue weighted by atomic mass is 9.98. The standard InChI is InChI=1S/C16H28FNSi/c1-16(2,3)18-11-13(12-19(4,5)6)14-9-7-8-10-15(14)17/h7-10,13,18H,11-12H2,1-6H3. The van der Waals surface area contributed by atoms with Gasteiger partial charge in [-0.15, -0.1) is 0 Å². The van der Waals surface area contributed by atoms with Gasteiger partial charge in [-0.1, -0.05) is 37.8 Å². The highest BCUT2D eigenvalue weighted by atomic mass is 28.3. The minimum Gasteiger partial charge on any atom is -0.311 e. The number of benzene rings is 1. The highest BCUT2D eigenvalue weighted by Gasteiger charge is 2.25. The third kappa shape index (κ3) is 6.35. The van der Waals surface area contributed by atoms with Gasteiger partial charge >= 0.3 is 0 Å². The molecular weight excluding hydrogens is 253 g/mol. The predicted molar refractivity (Wildman–Crippen MR) is 85.0 cm³/mol. The maximum Gasteiger partial charge on any atom is 0.126 e. The van der Waals surface area contributed by atoms with E-state index in [0.29, 0.717) is 0 Å². The molecule has 3 heteroatoms. The summed E-state index contributed by atoms with van der Waals surface area (Å²) in [7, 11) is -1.23. The first-order valence-corrected chi connectivity index (χ1v) is 10.8.